The molecule has 0 aromatic carbocycles. The molecule has 4 heteroatoms. The van der Waals surface area contributed by atoms with Gasteiger partial charge in [0, 0.05) is 12.5 Å². The first-order chi connectivity index (χ1) is 8.19. The molecule has 0 aliphatic heterocycles. The monoisotopic (exact) mass is 238 g/mol. The molecule has 17 heavy (non-hydrogen) atoms. The van der Waals surface area contributed by atoms with Gasteiger partial charge >= 0.3 is 0 Å². The summed E-state index contributed by atoms with van der Waals surface area (Å²) in [4.78, 5) is 11.7. The molecule has 1 rings (SSSR count). The highest BCUT2D eigenvalue weighted by Gasteiger charge is 2.24. The van der Waals surface area contributed by atoms with Crippen molar-refractivity contribution in [3.05, 3.63) is 0 Å². The fourth-order valence-electron chi connectivity index (χ4n) is 2.32. The van der Waals surface area contributed by atoms with E-state index in [0.29, 0.717) is 13.0 Å². The largest absolute Gasteiger partial charge is 0.393 e. The second-order valence-electron chi connectivity index (χ2n) is 4.83. The van der Waals surface area contributed by atoms with Crippen molar-refractivity contribution in [2.24, 2.45) is 11.8 Å². The Hall–Kier alpha value is -1.08. The smallest absolute Gasteiger partial charge is 0.237 e. The number of amides is 1. The van der Waals surface area contributed by atoms with Crippen molar-refractivity contribution in [3.63, 3.8) is 0 Å². The zero-order valence-corrected chi connectivity index (χ0v) is 10.5. The Bertz CT molecular complexity index is 286. The minimum absolute atomic E-state index is 0.161. The standard InChI is InChI=1S/C13H22N2O2/c1-2-5-10(8-14)13(17)15-9-11-6-3-4-7-12(11)16/h10-12,16H,2-7,9H2,1H3,(H,15,17). The molecule has 0 saturated heterocycles. The van der Waals surface area contributed by atoms with Crippen molar-refractivity contribution in [1.82, 2.24) is 5.32 Å². The molecule has 1 aliphatic rings. The Morgan fingerprint density at radius 3 is 2.82 bits per heavy atom. The van der Waals surface area contributed by atoms with Gasteiger partial charge in [-0.25, -0.2) is 0 Å². The molecule has 0 spiro atoms. The number of carbonyl (C=O) groups is 1. The van der Waals surface area contributed by atoms with Crippen LogP contribution in [0.4, 0.5) is 0 Å². The van der Waals surface area contributed by atoms with Crippen molar-refractivity contribution >= 4 is 5.91 Å². The van der Waals surface area contributed by atoms with Crippen molar-refractivity contribution < 1.29 is 9.90 Å². The molecule has 0 bridgehead atoms. The molecule has 1 fully saturated rings. The van der Waals surface area contributed by atoms with E-state index in [4.69, 9.17) is 5.26 Å². The van der Waals surface area contributed by atoms with Gasteiger partial charge in [0.25, 0.3) is 0 Å². The van der Waals surface area contributed by atoms with Gasteiger partial charge in [-0.15, -0.1) is 0 Å². The maximum absolute atomic E-state index is 11.7. The van der Waals surface area contributed by atoms with Crippen LogP contribution in [-0.4, -0.2) is 23.7 Å². The quantitative estimate of drug-likeness (QED) is 0.764. The summed E-state index contributed by atoms with van der Waals surface area (Å²) in [6.07, 6.45) is 5.13. The molecule has 4 nitrogen and oxygen atoms in total. The van der Waals surface area contributed by atoms with Crippen LogP contribution in [0.1, 0.15) is 45.4 Å². The van der Waals surface area contributed by atoms with E-state index in [2.05, 4.69) is 5.32 Å². The second kappa shape index (κ2) is 7.29. The van der Waals surface area contributed by atoms with Gasteiger partial charge in [-0.3, -0.25) is 4.79 Å². The number of aliphatic hydroxyl groups excluding tert-OH is 1. The zero-order chi connectivity index (χ0) is 12.7. The molecule has 0 aromatic heterocycles. The number of aliphatic hydroxyl groups is 1. The van der Waals surface area contributed by atoms with Gasteiger partial charge in [0.05, 0.1) is 12.2 Å². The van der Waals surface area contributed by atoms with E-state index in [-0.39, 0.29) is 17.9 Å². The number of nitrogens with zero attached hydrogens (tertiary/aromatic N) is 1. The summed E-state index contributed by atoms with van der Waals surface area (Å²) in [5.74, 6) is -0.568. The summed E-state index contributed by atoms with van der Waals surface area (Å²) < 4.78 is 0. The number of hydrogen-bond acceptors (Lipinski definition) is 3. The van der Waals surface area contributed by atoms with Gasteiger partial charge in [-0.2, -0.15) is 5.26 Å². The summed E-state index contributed by atoms with van der Waals surface area (Å²) in [6, 6.07) is 2.03. The predicted molar refractivity (Wildman–Crippen MR) is 65.0 cm³/mol. The van der Waals surface area contributed by atoms with E-state index in [9.17, 15) is 9.90 Å². The van der Waals surface area contributed by atoms with E-state index in [0.717, 1.165) is 32.1 Å². The molecule has 0 radical (unpaired) electrons. The summed E-state index contributed by atoms with van der Waals surface area (Å²) in [5.41, 5.74) is 0. The average Bonchev–Trinajstić information content (AvgIpc) is 2.34. The summed E-state index contributed by atoms with van der Waals surface area (Å²) in [7, 11) is 0. The zero-order valence-electron chi connectivity index (χ0n) is 10.5. The Kier molecular flexibility index (Phi) is 5.99. The summed E-state index contributed by atoms with van der Waals surface area (Å²) >= 11 is 0. The first kappa shape index (κ1) is 14.0. The van der Waals surface area contributed by atoms with Crippen molar-refractivity contribution in [3.8, 4) is 6.07 Å². The van der Waals surface area contributed by atoms with E-state index in [1.165, 1.54) is 0 Å². The molecule has 1 aliphatic carbocycles. The molecule has 3 atom stereocenters. The van der Waals surface area contributed by atoms with Gasteiger partial charge < -0.3 is 10.4 Å². The number of carbonyl (C=O) groups excluding carboxylic acids is 1. The lowest BCUT2D eigenvalue weighted by Gasteiger charge is -2.27. The molecular weight excluding hydrogens is 216 g/mol. The molecule has 3 unspecified atom stereocenters. The van der Waals surface area contributed by atoms with Gasteiger partial charge in [-0.1, -0.05) is 26.2 Å². The predicted octanol–water partition coefficient (Wildman–Crippen LogP) is 1.59. The van der Waals surface area contributed by atoms with Crippen molar-refractivity contribution in [1.29, 1.82) is 5.26 Å². The molecular formula is C13H22N2O2. The van der Waals surface area contributed by atoms with Crippen LogP contribution in [0.15, 0.2) is 0 Å². The third-order valence-electron chi connectivity index (χ3n) is 3.46. The minimum Gasteiger partial charge on any atom is -0.393 e. The van der Waals surface area contributed by atoms with Crippen LogP contribution >= 0.6 is 0 Å². The number of rotatable bonds is 5. The first-order valence-corrected chi connectivity index (χ1v) is 6.54. The molecule has 96 valence electrons. The molecule has 2 N–H and O–H groups in total. The molecule has 0 aromatic rings. The summed E-state index contributed by atoms with van der Waals surface area (Å²) in [5, 5.41) is 21.4. The number of nitrogens with one attached hydrogen (secondary N) is 1. The Morgan fingerprint density at radius 2 is 2.24 bits per heavy atom. The SMILES string of the molecule is CCCC(C#N)C(=O)NCC1CCCCC1O. The van der Waals surface area contributed by atoms with Crippen LogP contribution in [0.2, 0.25) is 0 Å². The Balaban J connectivity index is 2.33. The first-order valence-electron chi connectivity index (χ1n) is 6.54. The van der Waals surface area contributed by atoms with Gasteiger partial charge in [0.2, 0.25) is 5.91 Å². The van der Waals surface area contributed by atoms with E-state index >= 15 is 0 Å². The van der Waals surface area contributed by atoms with Crippen LogP contribution in [0.3, 0.4) is 0 Å². The Labute approximate surface area is 103 Å². The van der Waals surface area contributed by atoms with Gasteiger partial charge in [0.1, 0.15) is 5.92 Å². The minimum atomic E-state index is -0.541. The fourth-order valence-corrected chi connectivity index (χ4v) is 2.32. The van der Waals surface area contributed by atoms with E-state index in [1.54, 1.807) is 0 Å². The number of hydrogen-bond donors (Lipinski definition) is 2. The molecule has 1 amide bonds. The van der Waals surface area contributed by atoms with E-state index < -0.39 is 5.92 Å². The van der Waals surface area contributed by atoms with Crippen LogP contribution in [0.25, 0.3) is 0 Å². The maximum Gasteiger partial charge on any atom is 0.237 e. The van der Waals surface area contributed by atoms with Gasteiger partial charge in [-0.05, 0) is 19.3 Å². The summed E-state index contributed by atoms with van der Waals surface area (Å²) in [6.45, 7) is 2.46. The third-order valence-corrected chi connectivity index (χ3v) is 3.46. The maximum atomic E-state index is 11.7. The second-order valence-corrected chi connectivity index (χ2v) is 4.83. The molecule has 0 heterocycles. The highest BCUT2D eigenvalue weighted by Crippen LogP contribution is 2.23. The van der Waals surface area contributed by atoms with Crippen LogP contribution in [0, 0.1) is 23.2 Å². The van der Waals surface area contributed by atoms with Crippen LogP contribution < -0.4 is 5.32 Å². The van der Waals surface area contributed by atoms with Crippen LogP contribution in [-0.2, 0) is 4.79 Å². The lowest BCUT2D eigenvalue weighted by atomic mass is 9.86. The van der Waals surface area contributed by atoms with Crippen LogP contribution in [0.5, 0.6) is 0 Å². The Morgan fingerprint density at radius 1 is 1.53 bits per heavy atom. The normalized spacial score (nSPS) is 25.9. The van der Waals surface area contributed by atoms with Crippen molar-refractivity contribution in [2.45, 2.75) is 51.6 Å². The van der Waals surface area contributed by atoms with Gasteiger partial charge in [0.15, 0.2) is 0 Å². The number of nitriles is 1. The fraction of sp³-hybridized carbons (Fsp3) is 0.846. The van der Waals surface area contributed by atoms with Crippen molar-refractivity contribution in [2.75, 3.05) is 6.54 Å². The highest BCUT2D eigenvalue weighted by atomic mass is 16.3. The van der Waals surface area contributed by atoms with E-state index in [1.807, 2.05) is 13.0 Å². The topological polar surface area (TPSA) is 73.1 Å². The average molecular weight is 238 g/mol. The third kappa shape index (κ3) is 4.35. The lowest BCUT2D eigenvalue weighted by molar-refractivity contribution is -0.124. The highest BCUT2D eigenvalue weighted by molar-refractivity contribution is 5.80. The molecule has 1 saturated carbocycles. The lowest BCUT2D eigenvalue weighted by Crippen LogP contribution is -2.39.